The van der Waals surface area contributed by atoms with Crippen LogP contribution in [0.15, 0.2) is 4.99 Å². The molecule has 0 aromatic rings. The van der Waals surface area contributed by atoms with Crippen molar-refractivity contribution in [2.24, 2.45) is 10.9 Å². The number of hydrogen-bond donors (Lipinski definition) is 2. The van der Waals surface area contributed by atoms with Gasteiger partial charge in [0.25, 0.3) is 0 Å². The molecular weight excluding hydrogens is 481 g/mol. The molecule has 0 bridgehead atoms. The van der Waals surface area contributed by atoms with E-state index in [0.29, 0.717) is 0 Å². The molecule has 2 aliphatic rings. The molecule has 0 aromatic carbocycles. The SMILES string of the molecule is CN(C)C(=O)CN=C(NCCCC1CCCCC1)NCCCN1CCOCC1.I. The van der Waals surface area contributed by atoms with Gasteiger partial charge in [-0.25, -0.2) is 4.99 Å². The Labute approximate surface area is 194 Å². The highest BCUT2D eigenvalue weighted by Gasteiger charge is 2.13. The molecule has 1 aliphatic carbocycles. The molecular formula is C21H42IN5O2. The Kier molecular flexibility index (Phi) is 14.7. The van der Waals surface area contributed by atoms with Gasteiger partial charge in [-0.1, -0.05) is 32.1 Å². The fourth-order valence-electron chi connectivity index (χ4n) is 3.87. The first-order chi connectivity index (χ1) is 13.6. The van der Waals surface area contributed by atoms with Gasteiger partial charge < -0.3 is 20.3 Å². The van der Waals surface area contributed by atoms with E-state index in [1.807, 2.05) is 0 Å². The second-order valence-corrected chi connectivity index (χ2v) is 8.26. The number of likely N-dealkylation sites (N-methyl/N-ethyl adjacent to an activating group) is 1. The van der Waals surface area contributed by atoms with E-state index < -0.39 is 0 Å². The number of rotatable bonds is 10. The van der Waals surface area contributed by atoms with Crippen LogP contribution in [-0.4, -0.2) is 88.2 Å². The van der Waals surface area contributed by atoms with Crippen LogP contribution in [0.4, 0.5) is 0 Å². The number of carbonyl (C=O) groups excluding carboxylic acids is 1. The van der Waals surface area contributed by atoms with Crippen LogP contribution in [-0.2, 0) is 9.53 Å². The Morgan fingerprint density at radius 1 is 1.07 bits per heavy atom. The van der Waals surface area contributed by atoms with Crippen LogP contribution in [0.2, 0.25) is 0 Å². The fraction of sp³-hybridized carbons (Fsp3) is 0.905. The van der Waals surface area contributed by atoms with Crippen LogP contribution in [0.25, 0.3) is 0 Å². The second kappa shape index (κ2) is 16.1. The molecule has 2 fully saturated rings. The van der Waals surface area contributed by atoms with Gasteiger partial charge in [0.15, 0.2) is 5.96 Å². The highest BCUT2D eigenvalue weighted by molar-refractivity contribution is 14.0. The number of aliphatic imine (C=N–C) groups is 1. The summed E-state index contributed by atoms with van der Waals surface area (Å²) in [7, 11) is 3.54. The smallest absolute Gasteiger partial charge is 0.243 e. The van der Waals surface area contributed by atoms with Gasteiger partial charge >= 0.3 is 0 Å². The van der Waals surface area contributed by atoms with E-state index in [1.54, 1.807) is 19.0 Å². The summed E-state index contributed by atoms with van der Waals surface area (Å²) >= 11 is 0. The molecule has 1 aliphatic heterocycles. The number of amides is 1. The van der Waals surface area contributed by atoms with E-state index in [4.69, 9.17) is 4.74 Å². The first kappa shape index (κ1) is 26.4. The number of ether oxygens (including phenoxy) is 1. The molecule has 29 heavy (non-hydrogen) atoms. The maximum Gasteiger partial charge on any atom is 0.243 e. The van der Waals surface area contributed by atoms with Crippen molar-refractivity contribution in [3.63, 3.8) is 0 Å². The summed E-state index contributed by atoms with van der Waals surface area (Å²) in [5, 5.41) is 6.83. The lowest BCUT2D eigenvalue weighted by Crippen LogP contribution is -2.41. The van der Waals surface area contributed by atoms with E-state index in [0.717, 1.165) is 64.2 Å². The maximum atomic E-state index is 11.9. The number of halogens is 1. The van der Waals surface area contributed by atoms with E-state index in [1.165, 1.54) is 44.9 Å². The first-order valence-corrected chi connectivity index (χ1v) is 11.2. The number of guanidine groups is 1. The van der Waals surface area contributed by atoms with Crippen molar-refractivity contribution in [2.45, 2.75) is 51.4 Å². The standard InChI is InChI=1S/C21H41N5O2.HI/c1-25(2)20(27)18-24-21(22-11-6-10-19-8-4-3-5-9-19)23-12-7-13-26-14-16-28-17-15-26;/h19H,3-18H2,1-2H3,(H2,22,23,24);1H. The molecule has 1 amide bonds. The molecule has 1 heterocycles. The van der Waals surface area contributed by atoms with Crippen LogP contribution in [0.3, 0.4) is 0 Å². The highest BCUT2D eigenvalue weighted by Crippen LogP contribution is 2.26. The molecule has 170 valence electrons. The summed E-state index contributed by atoms with van der Waals surface area (Å²) < 4.78 is 5.39. The molecule has 0 atom stereocenters. The van der Waals surface area contributed by atoms with E-state index in [2.05, 4.69) is 20.5 Å². The molecule has 2 rings (SSSR count). The molecule has 1 saturated heterocycles. The van der Waals surface area contributed by atoms with Gasteiger partial charge in [-0.3, -0.25) is 9.69 Å². The van der Waals surface area contributed by atoms with Gasteiger partial charge in [0.05, 0.1) is 13.2 Å². The van der Waals surface area contributed by atoms with Crippen molar-refractivity contribution < 1.29 is 9.53 Å². The zero-order valence-electron chi connectivity index (χ0n) is 18.5. The molecule has 0 spiro atoms. The monoisotopic (exact) mass is 523 g/mol. The lowest BCUT2D eigenvalue weighted by molar-refractivity contribution is -0.127. The largest absolute Gasteiger partial charge is 0.379 e. The van der Waals surface area contributed by atoms with Gasteiger partial charge in [0, 0.05) is 40.3 Å². The third-order valence-electron chi connectivity index (χ3n) is 5.72. The number of morpholine rings is 1. The first-order valence-electron chi connectivity index (χ1n) is 11.2. The third-order valence-corrected chi connectivity index (χ3v) is 5.72. The molecule has 0 aromatic heterocycles. The topological polar surface area (TPSA) is 69.2 Å². The average Bonchev–Trinajstić information content (AvgIpc) is 2.73. The Hall–Kier alpha value is -0.610. The van der Waals surface area contributed by atoms with Crippen molar-refractivity contribution in [3.05, 3.63) is 0 Å². The Balaban J connectivity index is 0.00000420. The number of nitrogens with zero attached hydrogens (tertiary/aromatic N) is 3. The number of hydrogen-bond acceptors (Lipinski definition) is 4. The van der Waals surface area contributed by atoms with Crippen LogP contribution in [0.1, 0.15) is 51.4 Å². The molecule has 0 radical (unpaired) electrons. The number of nitrogens with one attached hydrogen (secondary N) is 2. The highest BCUT2D eigenvalue weighted by atomic mass is 127. The Bertz CT molecular complexity index is 436. The van der Waals surface area contributed by atoms with Crippen LogP contribution < -0.4 is 10.6 Å². The lowest BCUT2D eigenvalue weighted by atomic mass is 9.86. The van der Waals surface area contributed by atoms with Crippen molar-refractivity contribution in [1.29, 1.82) is 0 Å². The van der Waals surface area contributed by atoms with Gasteiger partial charge in [0.1, 0.15) is 6.54 Å². The Morgan fingerprint density at radius 2 is 1.72 bits per heavy atom. The van der Waals surface area contributed by atoms with Gasteiger partial charge in [-0.05, 0) is 31.7 Å². The second-order valence-electron chi connectivity index (χ2n) is 8.26. The third kappa shape index (κ3) is 12.0. The van der Waals surface area contributed by atoms with Crippen LogP contribution in [0, 0.1) is 5.92 Å². The van der Waals surface area contributed by atoms with Crippen LogP contribution >= 0.6 is 24.0 Å². The average molecular weight is 524 g/mol. The molecule has 8 heteroatoms. The summed E-state index contributed by atoms with van der Waals surface area (Å²) in [5.74, 6) is 1.70. The minimum Gasteiger partial charge on any atom is -0.379 e. The quantitative estimate of drug-likeness (QED) is 0.199. The molecule has 2 N–H and O–H groups in total. The zero-order chi connectivity index (χ0) is 20.0. The van der Waals surface area contributed by atoms with Crippen molar-refractivity contribution in [3.8, 4) is 0 Å². The summed E-state index contributed by atoms with van der Waals surface area (Å²) in [6, 6.07) is 0. The van der Waals surface area contributed by atoms with Gasteiger partial charge in [-0.15, -0.1) is 24.0 Å². The fourth-order valence-corrected chi connectivity index (χ4v) is 3.87. The van der Waals surface area contributed by atoms with Crippen molar-refractivity contribution >= 4 is 35.8 Å². The number of carbonyl (C=O) groups is 1. The molecule has 1 saturated carbocycles. The minimum absolute atomic E-state index is 0. The summed E-state index contributed by atoms with van der Waals surface area (Å²) in [5.41, 5.74) is 0. The molecule has 7 nitrogen and oxygen atoms in total. The molecule has 0 unspecified atom stereocenters. The van der Waals surface area contributed by atoms with Gasteiger partial charge in [-0.2, -0.15) is 0 Å². The maximum absolute atomic E-state index is 11.9. The zero-order valence-corrected chi connectivity index (χ0v) is 20.8. The predicted molar refractivity (Wildman–Crippen MR) is 130 cm³/mol. The van der Waals surface area contributed by atoms with E-state index in [9.17, 15) is 4.79 Å². The summed E-state index contributed by atoms with van der Waals surface area (Å²) in [6.07, 6.45) is 10.6. The van der Waals surface area contributed by atoms with E-state index in [-0.39, 0.29) is 36.4 Å². The van der Waals surface area contributed by atoms with Crippen molar-refractivity contribution in [2.75, 3.05) is 66.6 Å². The van der Waals surface area contributed by atoms with E-state index >= 15 is 0 Å². The van der Waals surface area contributed by atoms with Crippen molar-refractivity contribution in [1.82, 2.24) is 20.4 Å². The lowest BCUT2D eigenvalue weighted by Gasteiger charge is -2.26. The minimum atomic E-state index is 0. The predicted octanol–water partition coefficient (Wildman–Crippen LogP) is 2.31. The Morgan fingerprint density at radius 3 is 2.38 bits per heavy atom. The normalized spacial score (nSPS) is 18.8. The van der Waals surface area contributed by atoms with Crippen LogP contribution in [0.5, 0.6) is 0 Å². The summed E-state index contributed by atoms with van der Waals surface area (Å²) in [6.45, 7) is 6.78. The van der Waals surface area contributed by atoms with Gasteiger partial charge in [0.2, 0.25) is 5.91 Å². The summed E-state index contributed by atoms with van der Waals surface area (Å²) in [4.78, 5) is 20.4.